The second-order valence-electron chi connectivity index (χ2n) is 7.32. The zero-order valence-electron chi connectivity index (χ0n) is 18.2. The molecular weight excluding hydrogens is 400 g/mol. The standard InChI is InChI=1S/C27H28N2O3/c1-2-3-18-32-24-16-14-23(15-17-24)26(30)29-25(19-21-10-6-4-7-11-21)27(31)28-20-22-12-8-5-9-13-22/h4-17,19H,2-3,18,20H2,1H3,(H,28,31)(H,29,30). The Morgan fingerprint density at radius 2 is 1.53 bits per heavy atom. The Bertz CT molecular complexity index is 1030. The molecule has 0 saturated heterocycles. The van der Waals surface area contributed by atoms with Crippen LogP contribution in [0.5, 0.6) is 5.75 Å². The van der Waals surface area contributed by atoms with Gasteiger partial charge in [-0.15, -0.1) is 0 Å². The molecule has 3 aromatic rings. The van der Waals surface area contributed by atoms with E-state index in [2.05, 4.69) is 17.6 Å². The molecule has 32 heavy (non-hydrogen) atoms. The van der Waals surface area contributed by atoms with Gasteiger partial charge in [-0.2, -0.15) is 0 Å². The monoisotopic (exact) mass is 428 g/mol. The van der Waals surface area contributed by atoms with Crippen LogP contribution in [0.3, 0.4) is 0 Å². The van der Waals surface area contributed by atoms with Gasteiger partial charge in [-0.3, -0.25) is 9.59 Å². The maximum absolute atomic E-state index is 12.9. The highest BCUT2D eigenvalue weighted by atomic mass is 16.5. The quantitative estimate of drug-likeness (QED) is 0.355. The third-order valence-electron chi connectivity index (χ3n) is 4.78. The van der Waals surface area contributed by atoms with Crippen molar-refractivity contribution in [1.82, 2.24) is 10.6 Å². The third-order valence-corrected chi connectivity index (χ3v) is 4.78. The number of carbonyl (C=O) groups excluding carboxylic acids is 2. The van der Waals surface area contributed by atoms with E-state index in [0.29, 0.717) is 18.7 Å². The van der Waals surface area contributed by atoms with E-state index in [9.17, 15) is 9.59 Å². The van der Waals surface area contributed by atoms with Crippen LogP contribution in [-0.2, 0) is 11.3 Å². The van der Waals surface area contributed by atoms with E-state index in [1.165, 1.54) is 0 Å². The fraction of sp³-hybridized carbons (Fsp3) is 0.185. The fourth-order valence-corrected chi connectivity index (χ4v) is 2.98. The molecule has 0 saturated carbocycles. The minimum atomic E-state index is -0.359. The first-order chi connectivity index (χ1) is 15.7. The van der Waals surface area contributed by atoms with Crippen molar-refractivity contribution in [2.45, 2.75) is 26.3 Å². The van der Waals surface area contributed by atoms with E-state index in [0.717, 1.165) is 29.7 Å². The van der Waals surface area contributed by atoms with Gasteiger partial charge in [0.1, 0.15) is 11.4 Å². The second-order valence-corrected chi connectivity index (χ2v) is 7.32. The van der Waals surface area contributed by atoms with Crippen molar-refractivity contribution in [1.29, 1.82) is 0 Å². The van der Waals surface area contributed by atoms with Crippen LogP contribution in [0.1, 0.15) is 41.3 Å². The number of carbonyl (C=O) groups is 2. The largest absolute Gasteiger partial charge is 0.494 e. The summed E-state index contributed by atoms with van der Waals surface area (Å²) in [5.74, 6) is 0.00313. The van der Waals surface area contributed by atoms with Gasteiger partial charge >= 0.3 is 0 Å². The molecule has 3 rings (SSSR count). The molecule has 0 aromatic heterocycles. The molecule has 0 atom stereocenters. The molecule has 0 radical (unpaired) electrons. The number of rotatable bonds is 10. The van der Waals surface area contributed by atoms with Crippen LogP contribution in [0.2, 0.25) is 0 Å². The van der Waals surface area contributed by atoms with E-state index >= 15 is 0 Å². The van der Waals surface area contributed by atoms with Crippen molar-refractivity contribution >= 4 is 17.9 Å². The molecule has 5 nitrogen and oxygen atoms in total. The van der Waals surface area contributed by atoms with Gasteiger partial charge in [0.15, 0.2) is 0 Å². The number of ether oxygens (including phenoxy) is 1. The first-order valence-electron chi connectivity index (χ1n) is 10.8. The van der Waals surface area contributed by atoms with Crippen molar-refractivity contribution in [2.75, 3.05) is 6.61 Å². The lowest BCUT2D eigenvalue weighted by Crippen LogP contribution is -2.34. The molecule has 0 aliphatic rings. The maximum atomic E-state index is 12.9. The Morgan fingerprint density at radius 3 is 2.19 bits per heavy atom. The Labute approximate surface area is 189 Å². The van der Waals surface area contributed by atoms with Crippen molar-refractivity contribution in [3.63, 3.8) is 0 Å². The van der Waals surface area contributed by atoms with Crippen LogP contribution in [0.4, 0.5) is 0 Å². The van der Waals surface area contributed by atoms with Gasteiger partial charge in [0, 0.05) is 12.1 Å². The van der Waals surface area contributed by atoms with Gasteiger partial charge in [0.05, 0.1) is 6.61 Å². The predicted molar refractivity (Wildman–Crippen MR) is 127 cm³/mol. The highest BCUT2D eigenvalue weighted by Crippen LogP contribution is 2.14. The number of hydrogen-bond acceptors (Lipinski definition) is 3. The van der Waals surface area contributed by atoms with E-state index in [1.807, 2.05) is 60.7 Å². The fourth-order valence-electron chi connectivity index (χ4n) is 2.98. The Kier molecular flexibility index (Phi) is 8.63. The SMILES string of the molecule is CCCCOc1ccc(C(=O)NC(=Cc2ccccc2)C(=O)NCc2ccccc2)cc1. The van der Waals surface area contributed by atoms with Crippen LogP contribution in [0.25, 0.3) is 6.08 Å². The minimum Gasteiger partial charge on any atom is -0.494 e. The molecule has 0 heterocycles. The molecule has 0 fully saturated rings. The van der Waals surface area contributed by atoms with E-state index in [1.54, 1.807) is 30.3 Å². The number of unbranched alkanes of at least 4 members (excludes halogenated alkanes) is 1. The van der Waals surface area contributed by atoms with Crippen molar-refractivity contribution in [2.24, 2.45) is 0 Å². The normalized spacial score (nSPS) is 11.0. The van der Waals surface area contributed by atoms with Crippen LogP contribution in [-0.4, -0.2) is 18.4 Å². The Hall–Kier alpha value is -3.86. The van der Waals surface area contributed by atoms with E-state index in [-0.39, 0.29) is 17.5 Å². The topological polar surface area (TPSA) is 67.4 Å². The molecule has 164 valence electrons. The zero-order chi connectivity index (χ0) is 22.6. The first kappa shape index (κ1) is 22.8. The summed E-state index contributed by atoms with van der Waals surface area (Å²) in [5, 5.41) is 5.63. The predicted octanol–water partition coefficient (Wildman–Crippen LogP) is 4.95. The van der Waals surface area contributed by atoms with Crippen molar-refractivity contribution < 1.29 is 14.3 Å². The number of benzene rings is 3. The smallest absolute Gasteiger partial charge is 0.268 e. The maximum Gasteiger partial charge on any atom is 0.268 e. The first-order valence-corrected chi connectivity index (χ1v) is 10.8. The summed E-state index contributed by atoms with van der Waals surface area (Å²) in [6.45, 7) is 3.12. The highest BCUT2D eigenvalue weighted by molar-refractivity contribution is 6.05. The summed E-state index contributed by atoms with van der Waals surface area (Å²) in [4.78, 5) is 25.7. The summed E-state index contributed by atoms with van der Waals surface area (Å²) in [7, 11) is 0. The Balaban J connectivity index is 1.71. The average Bonchev–Trinajstić information content (AvgIpc) is 2.84. The lowest BCUT2D eigenvalue weighted by atomic mass is 10.1. The molecule has 2 N–H and O–H groups in total. The van der Waals surface area contributed by atoms with Gasteiger partial charge in [0.25, 0.3) is 11.8 Å². The summed E-state index contributed by atoms with van der Waals surface area (Å²) in [5.41, 5.74) is 2.42. The lowest BCUT2D eigenvalue weighted by molar-refractivity contribution is -0.117. The summed E-state index contributed by atoms with van der Waals surface area (Å²) >= 11 is 0. The summed E-state index contributed by atoms with van der Waals surface area (Å²) in [6.07, 6.45) is 3.71. The average molecular weight is 429 g/mol. The van der Waals surface area contributed by atoms with Gasteiger partial charge in [0.2, 0.25) is 0 Å². The van der Waals surface area contributed by atoms with Crippen LogP contribution >= 0.6 is 0 Å². The van der Waals surface area contributed by atoms with Gasteiger partial charge in [-0.25, -0.2) is 0 Å². The molecule has 0 spiro atoms. The lowest BCUT2D eigenvalue weighted by Gasteiger charge is -2.12. The highest BCUT2D eigenvalue weighted by Gasteiger charge is 2.15. The summed E-state index contributed by atoms with van der Waals surface area (Å²) in [6, 6.07) is 25.9. The number of hydrogen-bond donors (Lipinski definition) is 2. The molecule has 3 aromatic carbocycles. The molecule has 5 heteroatoms. The van der Waals surface area contributed by atoms with Gasteiger partial charge in [-0.05, 0) is 47.9 Å². The van der Waals surface area contributed by atoms with Crippen molar-refractivity contribution in [3.8, 4) is 5.75 Å². The third kappa shape index (κ3) is 7.13. The zero-order valence-corrected chi connectivity index (χ0v) is 18.2. The second kappa shape index (κ2) is 12.1. The summed E-state index contributed by atoms with van der Waals surface area (Å²) < 4.78 is 5.65. The molecular formula is C27H28N2O3. The van der Waals surface area contributed by atoms with Crippen LogP contribution in [0.15, 0.2) is 90.6 Å². The van der Waals surface area contributed by atoms with Gasteiger partial charge < -0.3 is 15.4 Å². The molecule has 0 unspecified atom stereocenters. The van der Waals surface area contributed by atoms with Crippen molar-refractivity contribution in [3.05, 3.63) is 107 Å². The minimum absolute atomic E-state index is 0.181. The van der Waals surface area contributed by atoms with Crippen LogP contribution in [0, 0.1) is 0 Å². The Morgan fingerprint density at radius 1 is 0.875 bits per heavy atom. The number of nitrogens with one attached hydrogen (secondary N) is 2. The number of amides is 2. The van der Waals surface area contributed by atoms with Gasteiger partial charge in [-0.1, -0.05) is 74.0 Å². The molecule has 2 amide bonds. The van der Waals surface area contributed by atoms with Crippen LogP contribution < -0.4 is 15.4 Å². The molecule has 0 aliphatic heterocycles. The molecule has 0 aliphatic carbocycles. The molecule has 0 bridgehead atoms. The van der Waals surface area contributed by atoms with E-state index < -0.39 is 0 Å². The van der Waals surface area contributed by atoms with E-state index in [4.69, 9.17) is 4.74 Å².